The Hall–Kier alpha value is -3.07. The molecule has 0 aliphatic carbocycles. The molecular weight excluding hydrogens is 324 g/mol. The Balaban J connectivity index is 1.91. The zero-order valence-corrected chi connectivity index (χ0v) is 15.1. The summed E-state index contributed by atoms with van der Waals surface area (Å²) in [5.74, 6) is 0.419. The van der Waals surface area contributed by atoms with Gasteiger partial charge in [-0.1, -0.05) is 48.5 Å². The van der Waals surface area contributed by atoms with E-state index in [9.17, 15) is 4.79 Å². The van der Waals surface area contributed by atoms with Crippen molar-refractivity contribution in [1.82, 2.24) is 0 Å². The molecule has 26 heavy (non-hydrogen) atoms. The molecule has 3 heteroatoms. The van der Waals surface area contributed by atoms with Gasteiger partial charge in [-0.05, 0) is 59.0 Å². The summed E-state index contributed by atoms with van der Waals surface area (Å²) in [7, 11) is 1.64. The number of ether oxygens (including phenoxy) is 2. The summed E-state index contributed by atoms with van der Waals surface area (Å²) in [6.45, 7) is 2.16. The van der Waals surface area contributed by atoms with Crippen molar-refractivity contribution in [1.29, 1.82) is 0 Å². The first-order valence-corrected chi connectivity index (χ1v) is 8.69. The lowest BCUT2D eigenvalue weighted by molar-refractivity contribution is -0.137. The van der Waals surface area contributed by atoms with Gasteiger partial charge in [-0.3, -0.25) is 0 Å². The Labute approximate surface area is 153 Å². The van der Waals surface area contributed by atoms with E-state index in [1.165, 1.54) is 22.4 Å². The van der Waals surface area contributed by atoms with Gasteiger partial charge in [0, 0.05) is 6.08 Å². The average molecular weight is 346 g/mol. The van der Waals surface area contributed by atoms with Crippen molar-refractivity contribution in [3.8, 4) is 5.75 Å². The minimum atomic E-state index is -0.341. The summed E-state index contributed by atoms with van der Waals surface area (Å²) in [4.78, 5) is 11.6. The topological polar surface area (TPSA) is 35.5 Å². The zero-order chi connectivity index (χ0) is 18.4. The van der Waals surface area contributed by atoms with E-state index in [-0.39, 0.29) is 5.97 Å². The number of esters is 1. The minimum absolute atomic E-state index is 0.341. The van der Waals surface area contributed by atoms with E-state index in [1.807, 2.05) is 30.3 Å². The van der Waals surface area contributed by atoms with Crippen LogP contribution in [0.1, 0.15) is 23.6 Å². The first-order valence-electron chi connectivity index (χ1n) is 8.69. The first kappa shape index (κ1) is 17.7. The highest BCUT2D eigenvalue weighted by Gasteiger charge is 2.06. The van der Waals surface area contributed by atoms with E-state index in [4.69, 9.17) is 9.47 Å². The summed E-state index contributed by atoms with van der Waals surface area (Å²) in [5.41, 5.74) is 3.30. The Kier molecular flexibility index (Phi) is 5.69. The third-order valence-corrected chi connectivity index (χ3v) is 4.25. The molecule has 0 N–H and O–H groups in total. The van der Waals surface area contributed by atoms with Gasteiger partial charge in [0.2, 0.25) is 0 Å². The van der Waals surface area contributed by atoms with Gasteiger partial charge in [-0.15, -0.1) is 0 Å². The molecule has 0 bridgehead atoms. The molecule has 3 aromatic rings. The van der Waals surface area contributed by atoms with Crippen molar-refractivity contribution in [2.45, 2.75) is 13.3 Å². The van der Waals surface area contributed by atoms with Crippen LogP contribution in [-0.4, -0.2) is 19.7 Å². The lowest BCUT2D eigenvalue weighted by Gasteiger charge is -2.10. The van der Waals surface area contributed by atoms with Crippen molar-refractivity contribution < 1.29 is 14.3 Å². The molecule has 0 aliphatic heterocycles. The third-order valence-electron chi connectivity index (χ3n) is 4.25. The Morgan fingerprint density at radius 1 is 1.00 bits per heavy atom. The van der Waals surface area contributed by atoms with E-state index < -0.39 is 0 Å². The summed E-state index contributed by atoms with van der Waals surface area (Å²) in [5, 5.41) is 2.45. The van der Waals surface area contributed by atoms with E-state index >= 15 is 0 Å². The number of benzene rings is 3. The minimum Gasteiger partial charge on any atom is -0.497 e. The molecule has 0 heterocycles. The SMILES string of the molecule is CCOC(=O)/C=C/c1cc(OC)ccc1Cc1ccc2ccccc2c1. The van der Waals surface area contributed by atoms with Gasteiger partial charge in [0.15, 0.2) is 0 Å². The number of fused-ring (bicyclic) bond motifs is 1. The van der Waals surface area contributed by atoms with Gasteiger partial charge in [0.05, 0.1) is 13.7 Å². The second-order valence-electron chi connectivity index (χ2n) is 6.01. The highest BCUT2D eigenvalue weighted by atomic mass is 16.5. The number of hydrogen-bond donors (Lipinski definition) is 0. The first-order chi connectivity index (χ1) is 12.7. The van der Waals surface area contributed by atoms with E-state index in [1.54, 1.807) is 20.1 Å². The molecule has 0 saturated carbocycles. The fourth-order valence-corrected chi connectivity index (χ4v) is 2.93. The van der Waals surface area contributed by atoms with Crippen molar-refractivity contribution in [2.24, 2.45) is 0 Å². The summed E-state index contributed by atoms with van der Waals surface area (Å²) in [6.07, 6.45) is 4.02. The molecular formula is C23H22O3. The summed E-state index contributed by atoms with van der Waals surface area (Å²) >= 11 is 0. The van der Waals surface area contributed by atoms with Gasteiger partial charge in [-0.25, -0.2) is 4.79 Å². The Bertz CT molecular complexity index is 941. The number of rotatable bonds is 6. The molecule has 0 aromatic heterocycles. The second kappa shape index (κ2) is 8.34. The van der Waals surface area contributed by atoms with E-state index in [0.29, 0.717) is 6.61 Å². The maximum absolute atomic E-state index is 11.6. The van der Waals surface area contributed by atoms with Gasteiger partial charge in [-0.2, -0.15) is 0 Å². The van der Waals surface area contributed by atoms with Crippen molar-refractivity contribution in [3.05, 3.63) is 83.4 Å². The second-order valence-corrected chi connectivity index (χ2v) is 6.01. The predicted molar refractivity (Wildman–Crippen MR) is 105 cm³/mol. The smallest absolute Gasteiger partial charge is 0.330 e. The van der Waals surface area contributed by atoms with Crippen LogP contribution in [0.15, 0.2) is 66.7 Å². The lowest BCUT2D eigenvalue weighted by Crippen LogP contribution is -1.99. The Morgan fingerprint density at radius 2 is 1.81 bits per heavy atom. The molecule has 0 unspecified atom stereocenters. The summed E-state index contributed by atoms with van der Waals surface area (Å²) in [6, 6.07) is 20.7. The van der Waals surface area contributed by atoms with Gasteiger partial charge >= 0.3 is 5.97 Å². The molecule has 0 spiro atoms. The highest BCUT2D eigenvalue weighted by Crippen LogP contribution is 2.24. The highest BCUT2D eigenvalue weighted by molar-refractivity contribution is 5.87. The largest absolute Gasteiger partial charge is 0.497 e. The Morgan fingerprint density at radius 3 is 2.58 bits per heavy atom. The molecule has 0 amide bonds. The van der Waals surface area contributed by atoms with Crippen LogP contribution in [0.25, 0.3) is 16.8 Å². The van der Waals surface area contributed by atoms with Crippen molar-refractivity contribution in [3.63, 3.8) is 0 Å². The standard InChI is InChI=1S/C23H22O3/c1-3-26-23(24)13-11-21-16-22(25-2)12-10-20(21)15-17-8-9-18-6-4-5-7-19(18)14-17/h4-14,16H,3,15H2,1-2H3/b13-11+. The lowest BCUT2D eigenvalue weighted by atomic mass is 9.97. The zero-order valence-electron chi connectivity index (χ0n) is 15.1. The third kappa shape index (κ3) is 4.31. The molecule has 132 valence electrons. The number of methoxy groups -OCH3 is 1. The van der Waals surface area contributed by atoms with Crippen LogP contribution in [0.5, 0.6) is 5.75 Å². The van der Waals surface area contributed by atoms with E-state index in [0.717, 1.165) is 23.3 Å². The average Bonchev–Trinajstić information content (AvgIpc) is 2.67. The molecule has 0 saturated heterocycles. The van der Waals surface area contributed by atoms with Gasteiger partial charge in [0.1, 0.15) is 5.75 Å². The molecule has 3 rings (SSSR count). The van der Waals surface area contributed by atoms with Gasteiger partial charge in [0.25, 0.3) is 0 Å². The molecule has 0 aliphatic rings. The number of carbonyl (C=O) groups excluding carboxylic acids is 1. The van der Waals surface area contributed by atoms with Crippen LogP contribution in [0.2, 0.25) is 0 Å². The van der Waals surface area contributed by atoms with E-state index in [2.05, 4.69) is 30.3 Å². The van der Waals surface area contributed by atoms with Crippen LogP contribution in [0.4, 0.5) is 0 Å². The van der Waals surface area contributed by atoms with Crippen LogP contribution in [-0.2, 0) is 16.0 Å². The van der Waals surface area contributed by atoms with Crippen LogP contribution < -0.4 is 4.74 Å². The number of hydrogen-bond acceptors (Lipinski definition) is 3. The molecule has 0 radical (unpaired) electrons. The number of carbonyl (C=O) groups is 1. The fourth-order valence-electron chi connectivity index (χ4n) is 2.93. The fraction of sp³-hybridized carbons (Fsp3) is 0.174. The predicted octanol–water partition coefficient (Wildman–Crippen LogP) is 5.02. The van der Waals surface area contributed by atoms with Crippen molar-refractivity contribution in [2.75, 3.05) is 13.7 Å². The van der Waals surface area contributed by atoms with Crippen LogP contribution >= 0.6 is 0 Å². The monoisotopic (exact) mass is 346 g/mol. The molecule has 0 fully saturated rings. The summed E-state index contributed by atoms with van der Waals surface area (Å²) < 4.78 is 10.3. The quantitative estimate of drug-likeness (QED) is 0.465. The molecule has 0 atom stereocenters. The molecule has 3 aromatic carbocycles. The maximum atomic E-state index is 11.6. The normalized spacial score (nSPS) is 11.0. The van der Waals surface area contributed by atoms with Gasteiger partial charge < -0.3 is 9.47 Å². The van der Waals surface area contributed by atoms with Crippen LogP contribution in [0, 0.1) is 0 Å². The van der Waals surface area contributed by atoms with Crippen LogP contribution in [0.3, 0.4) is 0 Å². The maximum Gasteiger partial charge on any atom is 0.330 e. The van der Waals surface area contributed by atoms with Crippen molar-refractivity contribution >= 4 is 22.8 Å². The molecule has 3 nitrogen and oxygen atoms in total.